The molecular weight excluding hydrogens is 268 g/mol. The van der Waals surface area contributed by atoms with Crippen LogP contribution in [0.2, 0.25) is 0 Å². The first-order valence-corrected chi connectivity index (χ1v) is 8.54. The summed E-state index contributed by atoms with van der Waals surface area (Å²) in [6.07, 6.45) is 13.1. The number of hydrogen-bond donors (Lipinski definition) is 0. The summed E-state index contributed by atoms with van der Waals surface area (Å²) >= 11 is 0. The highest BCUT2D eigenvalue weighted by atomic mass is 16.5. The highest BCUT2D eigenvalue weighted by Crippen LogP contribution is 2.37. The summed E-state index contributed by atoms with van der Waals surface area (Å²) < 4.78 is 5.87. The van der Waals surface area contributed by atoms with Crippen molar-refractivity contribution in [3.05, 3.63) is 54.1 Å². The molecule has 1 heteroatoms. The van der Waals surface area contributed by atoms with Crippen molar-refractivity contribution in [2.45, 2.75) is 58.7 Å². The zero-order valence-corrected chi connectivity index (χ0v) is 14.5. The van der Waals surface area contributed by atoms with Crippen molar-refractivity contribution < 1.29 is 4.74 Å². The minimum absolute atomic E-state index is 0.113. The predicted molar refractivity (Wildman–Crippen MR) is 95.7 cm³/mol. The average molecular weight is 298 g/mol. The van der Waals surface area contributed by atoms with Crippen LogP contribution in [0.1, 0.15) is 52.5 Å². The van der Waals surface area contributed by atoms with Crippen molar-refractivity contribution in [3.8, 4) is 0 Å². The lowest BCUT2D eigenvalue weighted by atomic mass is 9.83. The lowest BCUT2D eigenvalue weighted by Gasteiger charge is -2.45. The zero-order valence-electron chi connectivity index (χ0n) is 14.5. The minimum atomic E-state index is 0.113. The van der Waals surface area contributed by atoms with Crippen LogP contribution in [0.4, 0.5) is 0 Å². The Morgan fingerprint density at radius 2 is 1.86 bits per heavy atom. The molecule has 120 valence electrons. The van der Waals surface area contributed by atoms with Gasteiger partial charge in [-0.15, -0.1) is 0 Å². The molecule has 0 bridgehead atoms. The summed E-state index contributed by atoms with van der Waals surface area (Å²) in [6, 6.07) is 10.5. The second kappa shape index (κ2) is 7.78. The summed E-state index contributed by atoms with van der Waals surface area (Å²) in [5.41, 5.74) is 1.39. The Labute approximate surface area is 136 Å². The van der Waals surface area contributed by atoms with Gasteiger partial charge >= 0.3 is 0 Å². The molecule has 1 aliphatic rings. The second-order valence-corrected chi connectivity index (χ2v) is 7.17. The Balaban J connectivity index is 1.71. The molecular formula is C21H30O. The van der Waals surface area contributed by atoms with Gasteiger partial charge in [0.2, 0.25) is 0 Å². The molecule has 1 aromatic carbocycles. The van der Waals surface area contributed by atoms with E-state index in [1.807, 2.05) is 0 Å². The molecule has 0 radical (unpaired) electrons. The molecule has 1 fully saturated rings. The second-order valence-electron chi connectivity index (χ2n) is 7.17. The molecule has 4 atom stereocenters. The maximum absolute atomic E-state index is 5.87. The fraction of sp³-hybridized carbons (Fsp3) is 0.524. The summed E-state index contributed by atoms with van der Waals surface area (Å²) in [7, 11) is 0. The van der Waals surface area contributed by atoms with E-state index in [-0.39, 0.29) is 5.60 Å². The van der Waals surface area contributed by atoms with Gasteiger partial charge in [-0.25, -0.2) is 0 Å². The van der Waals surface area contributed by atoms with E-state index in [2.05, 4.69) is 82.3 Å². The van der Waals surface area contributed by atoms with E-state index >= 15 is 0 Å². The maximum atomic E-state index is 5.87. The number of ether oxygens (including phenoxy) is 1. The normalized spacial score (nSPS) is 27.9. The SMILES string of the molecule is C[C@H](/C=C/c1ccccc1)C/C=C/[C@H](C)C[C@]1(C)C[C@@H](C)O1. The highest BCUT2D eigenvalue weighted by Gasteiger charge is 2.39. The molecule has 0 aliphatic carbocycles. The monoisotopic (exact) mass is 298 g/mol. The number of rotatable bonds is 7. The quantitative estimate of drug-likeness (QED) is 0.571. The van der Waals surface area contributed by atoms with Gasteiger partial charge in [0.25, 0.3) is 0 Å². The average Bonchev–Trinajstić information content (AvgIpc) is 2.44. The van der Waals surface area contributed by atoms with Gasteiger partial charge in [0.15, 0.2) is 0 Å². The number of allylic oxidation sites excluding steroid dienone is 3. The molecule has 0 amide bonds. The van der Waals surface area contributed by atoms with Crippen LogP contribution in [-0.4, -0.2) is 11.7 Å². The Hall–Kier alpha value is -1.34. The van der Waals surface area contributed by atoms with Gasteiger partial charge in [0, 0.05) is 6.42 Å². The fourth-order valence-corrected chi connectivity index (χ4v) is 3.41. The van der Waals surface area contributed by atoms with Gasteiger partial charge in [-0.1, -0.05) is 68.5 Å². The van der Waals surface area contributed by atoms with Crippen molar-refractivity contribution in [3.63, 3.8) is 0 Å². The van der Waals surface area contributed by atoms with Crippen molar-refractivity contribution in [1.82, 2.24) is 0 Å². The summed E-state index contributed by atoms with van der Waals surface area (Å²) in [5.74, 6) is 1.15. The molecule has 1 aliphatic heterocycles. The van der Waals surface area contributed by atoms with Crippen LogP contribution in [-0.2, 0) is 4.74 Å². The minimum Gasteiger partial charge on any atom is -0.372 e. The molecule has 2 rings (SSSR count). The van der Waals surface area contributed by atoms with Crippen molar-refractivity contribution in [1.29, 1.82) is 0 Å². The van der Waals surface area contributed by atoms with Gasteiger partial charge in [-0.05, 0) is 44.1 Å². The van der Waals surface area contributed by atoms with Crippen LogP contribution < -0.4 is 0 Å². The molecule has 1 nitrogen and oxygen atoms in total. The third-order valence-corrected chi connectivity index (χ3v) is 4.35. The van der Waals surface area contributed by atoms with Gasteiger partial charge < -0.3 is 4.74 Å². The third-order valence-electron chi connectivity index (χ3n) is 4.35. The smallest absolute Gasteiger partial charge is 0.0688 e. The Kier molecular flexibility index (Phi) is 6.02. The highest BCUT2D eigenvalue weighted by molar-refractivity contribution is 5.48. The summed E-state index contributed by atoms with van der Waals surface area (Å²) in [6.45, 7) is 8.95. The molecule has 0 unspecified atom stereocenters. The molecule has 0 N–H and O–H groups in total. The van der Waals surface area contributed by atoms with E-state index in [1.54, 1.807) is 0 Å². The van der Waals surface area contributed by atoms with E-state index in [0.29, 0.717) is 17.9 Å². The van der Waals surface area contributed by atoms with E-state index in [0.717, 1.165) is 12.8 Å². The first-order chi connectivity index (χ1) is 10.5. The Bertz CT molecular complexity index is 494. The number of benzene rings is 1. The van der Waals surface area contributed by atoms with Gasteiger partial charge in [-0.3, -0.25) is 0 Å². The van der Waals surface area contributed by atoms with E-state index in [9.17, 15) is 0 Å². The first kappa shape index (κ1) is 17.0. The molecule has 22 heavy (non-hydrogen) atoms. The van der Waals surface area contributed by atoms with Gasteiger partial charge in [-0.2, -0.15) is 0 Å². The molecule has 0 saturated carbocycles. The van der Waals surface area contributed by atoms with Crippen molar-refractivity contribution in [2.24, 2.45) is 11.8 Å². The van der Waals surface area contributed by atoms with Gasteiger partial charge in [0.1, 0.15) is 0 Å². The molecule has 1 saturated heterocycles. The summed E-state index contributed by atoms with van der Waals surface area (Å²) in [4.78, 5) is 0. The van der Waals surface area contributed by atoms with Crippen LogP contribution in [0.25, 0.3) is 6.08 Å². The third kappa shape index (κ3) is 5.46. The maximum Gasteiger partial charge on any atom is 0.0688 e. The Morgan fingerprint density at radius 3 is 2.50 bits per heavy atom. The van der Waals surface area contributed by atoms with E-state index < -0.39 is 0 Å². The molecule has 0 spiro atoms. The zero-order chi connectivity index (χ0) is 16.0. The fourth-order valence-electron chi connectivity index (χ4n) is 3.41. The summed E-state index contributed by atoms with van der Waals surface area (Å²) in [5, 5.41) is 0. The molecule has 1 aromatic rings. The number of hydrogen-bond acceptors (Lipinski definition) is 1. The largest absolute Gasteiger partial charge is 0.372 e. The van der Waals surface area contributed by atoms with E-state index in [1.165, 1.54) is 12.0 Å². The lowest BCUT2D eigenvalue weighted by Crippen LogP contribution is -2.47. The van der Waals surface area contributed by atoms with Crippen LogP contribution in [0.5, 0.6) is 0 Å². The first-order valence-electron chi connectivity index (χ1n) is 8.54. The van der Waals surface area contributed by atoms with E-state index in [4.69, 9.17) is 4.74 Å². The van der Waals surface area contributed by atoms with Crippen LogP contribution in [0.3, 0.4) is 0 Å². The van der Waals surface area contributed by atoms with Crippen LogP contribution in [0.15, 0.2) is 48.6 Å². The molecule has 0 aromatic heterocycles. The lowest BCUT2D eigenvalue weighted by molar-refractivity contribution is -0.193. The molecule has 1 heterocycles. The van der Waals surface area contributed by atoms with Crippen LogP contribution >= 0.6 is 0 Å². The standard InChI is InChI=1S/C21H30O/c1-17(13-14-20-11-6-5-7-12-20)9-8-10-18(2)15-21(4)16-19(3)22-21/h5-8,10-14,17-19H,9,15-16H2,1-4H3/b10-8+,14-13+/t17-,18-,19+,21+/m0/s1. The van der Waals surface area contributed by atoms with Crippen molar-refractivity contribution in [2.75, 3.05) is 0 Å². The van der Waals surface area contributed by atoms with Gasteiger partial charge in [0.05, 0.1) is 11.7 Å². The van der Waals surface area contributed by atoms with Crippen molar-refractivity contribution >= 4 is 6.08 Å². The predicted octanol–water partition coefficient (Wildman–Crippen LogP) is 5.88. The topological polar surface area (TPSA) is 9.23 Å². The van der Waals surface area contributed by atoms with Crippen LogP contribution in [0, 0.1) is 11.8 Å². The Morgan fingerprint density at radius 1 is 1.18 bits per heavy atom.